The highest BCUT2D eigenvalue weighted by atomic mass is 35.5. The van der Waals surface area contributed by atoms with E-state index in [0.717, 1.165) is 28.7 Å². The van der Waals surface area contributed by atoms with Crippen molar-refractivity contribution >= 4 is 32.7 Å². The van der Waals surface area contributed by atoms with E-state index < -0.39 is 10.0 Å². The Labute approximate surface area is 117 Å². The van der Waals surface area contributed by atoms with Gasteiger partial charge in [0, 0.05) is 13.1 Å². The average molecular weight is 302 g/mol. The smallest absolute Gasteiger partial charge is 0.208 e. The molecule has 1 N–H and O–H groups in total. The number of hydrogen-bond acceptors (Lipinski definition) is 3. The first-order chi connectivity index (χ1) is 8.92. The van der Waals surface area contributed by atoms with Crippen LogP contribution in [0, 0.1) is 6.92 Å². The fourth-order valence-electron chi connectivity index (χ4n) is 2.10. The molecule has 1 heterocycles. The van der Waals surface area contributed by atoms with E-state index in [2.05, 4.69) is 9.71 Å². The van der Waals surface area contributed by atoms with E-state index in [1.165, 1.54) is 0 Å². The summed E-state index contributed by atoms with van der Waals surface area (Å²) in [6, 6.07) is 5.88. The summed E-state index contributed by atoms with van der Waals surface area (Å²) in [7, 11) is -3.18. The molecule has 2 rings (SSSR count). The van der Waals surface area contributed by atoms with Crippen LogP contribution in [0.25, 0.3) is 11.0 Å². The normalized spacial score (nSPS) is 12.2. The number of para-hydroxylation sites is 1. The number of fused-ring (bicyclic) bond motifs is 1. The van der Waals surface area contributed by atoms with Gasteiger partial charge in [0.1, 0.15) is 5.82 Å². The molecule has 104 valence electrons. The van der Waals surface area contributed by atoms with Crippen LogP contribution in [0.3, 0.4) is 0 Å². The van der Waals surface area contributed by atoms with E-state index in [9.17, 15) is 8.42 Å². The lowest BCUT2D eigenvalue weighted by atomic mass is 10.2. The topological polar surface area (TPSA) is 64.0 Å². The van der Waals surface area contributed by atoms with Gasteiger partial charge in [0.25, 0.3) is 0 Å². The standard InChI is InChI=1S/C12H16ClN3O2S/c1-9-4-3-5-10-12(9)16(11(8-13)15-10)7-6-14-19(2,17)18/h3-5,14H,6-8H2,1-2H3. The number of aryl methyl sites for hydroxylation is 1. The molecule has 0 bridgehead atoms. The van der Waals surface area contributed by atoms with E-state index >= 15 is 0 Å². The van der Waals surface area contributed by atoms with Crippen LogP contribution < -0.4 is 4.72 Å². The Balaban J connectivity index is 2.35. The van der Waals surface area contributed by atoms with Gasteiger partial charge in [-0.3, -0.25) is 0 Å². The third kappa shape index (κ3) is 3.26. The molecule has 0 amide bonds. The SMILES string of the molecule is Cc1cccc2nc(CCl)n(CCNS(C)(=O)=O)c12. The molecule has 19 heavy (non-hydrogen) atoms. The monoisotopic (exact) mass is 301 g/mol. The molecule has 0 aliphatic rings. The van der Waals surface area contributed by atoms with Gasteiger partial charge in [0.15, 0.2) is 0 Å². The molecule has 0 saturated heterocycles. The van der Waals surface area contributed by atoms with Crippen molar-refractivity contribution < 1.29 is 8.42 Å². The average Bonchev–Trinajstić information content (AvgIpc) is 2.67. The van der Waals surface area contributed by atoms with E-state index in [-0.39, 0.29) is 0 Å². The zero-order valence-electron chi connectivity index (χ0n) is 10.9. The molecule has 0 unspecified atom stereocenters. The maximum atomic E-state index is 11.1. The minimum Gasteiger partial charge on any atom is -0.325 e. The Morgan fingerprint density at radius 2 is 2.16 bits per heavy atom. The predicted molar refractivity (Wildman–Crippen MR) is 76.9 cm³/mol. The number of nitrogens with one attached hydrogen (secondary N) is 1. The summed E-state index contributed by atoms with van der Waals surface area (Å²) in [6.07, 6.45) is 1.15. The Bertz CT molecular complexity index is 694. The zero-order valence-corrected chi connectivity index (χ0v) is 12.4. The van der Waals surface area contributed by atoms with Crippen LogP contribution in [-0.2, 0) is 22.4 Å². The fourth-order valence-corrected chi connectivity index (χ4v) is 2.77. The first kappa shape index (κ1) is 14.3. The highest BCUT2D eigenvalue weighted by Gasteiger charge is 2.12. The maximum absolute atomic E-state index is 11.1. The molecule has 0 saturated carbocycles. The van der Waals surface area contributed by atoms with Crippen LogP contribution in [0.4, 0.5) is 0 Å². The van der Waals surface area contributed by atoms with Gasteiger partial charge >= 0.3 is 0 Å². The second-order valence-electron chi connectivity index (χ2n) is 4.42. The lowest BCUT2D eigenvalue weighted by molar-refractivity contribution is 0.578. The summed E-state index contributed by atoms with van der Waals surface area (Å²) in [4.78, 5) is 4.46. The Morgan fingerprint density at radius 1 is 1.42 bits per heavy atom. The zero-order chi connectivity index (χ0) is 14.0. The van der Waals surface area contributed by atoms with Crippen molar-refractivity contribution in [2.45, 2.75) is 19.3 Å². The van der Waals surface area contributed by atoms with Gasteiger partial charge in [-0.15, -0.1) is 11.6 Å². The van der Waals surface area contributed by atoms with Crippen LogP contribution in [0.1, 0.15) is 11.4 Å². The molecule has 0 fully saturated rings. The molecule has 0 radical (unpaired) electrons. The number of aromatic nitrogens is 2. The number of nitrogens with zero attached hydrogens (tertiary/aromatic N) is 2. The highest BCUT2D eigenvalue weighted by Crippen LogP contribution is 2.20. The van der Waals surface area contributed by atoms with Gasteiger partial charge in [-0.25, -0.2) is 18.1 Å². The van der Waals surface area contributed by atoms with E-state index in [1.807, 2.05) is 29.7 Å². The van der Waals surface area contributed by atoms with Crippen molar-refractivity contribution in [3.05, 3.63) is 29.6 Å². The largest absolute Gasteiger partial charge is 0.325 e. The summed E-state index contributed by atoms with van der Waals surface area (Å²) < 4.78 is 26.6. The molecular formula is C12H16ClN3O2S. The maximum Gasteiger partial charge on any atom is 0.208 e. The molecule has 7 heteroatoms. The van der Waals surface area contributed by atoms with Crippen LogP contribution in [0.2, 0.25) is 0 Å². The third-order valence-corrected chi connectivity index (χ3v) is 3.83. The Kier molecular flexibility index (Phi) is 4.13. The van der Waals surface area contributed by atoms with Crippen molar-refractivity contribution in [2.75, 3.05) is 12.8 Å². The number of alkyl halides is 1. The van der Waals surface area contributed by atoms with Gasteiger partial charge in [-0.1, -0.05) is 12.1 Å². The second-order valence-corrected chi connectivity index (χ2v) is 6.52. The molecular weight excluding hydrogens is 286 g/mol. The van der Waals surface area contributed by atoms with Gasteiger partial charge < -0.3 is 4.57 Å². The first-order valence-electron chi connectivity index (χ1n) is 5.87. The van der Waals surface area contributed by atoms with Crippen molar-refractivity contribution in [1.82, 2.24) is 14.3 Å². The third-order valence-electron chi connectivity index (χ3n) is 2.87. The molecule has 0 atom stereocenters. The van der Waals surface area contributed by atoms with E-state index in [0.29, 0.717) is 19.0 Å². The predicted octanol–water partition coefficient (Wildman–Crippen LogP) is 1.63. The lowest BCUT2D eigenvalue weighted by Gasteiger charge is -2.09. The van der Waals surface area contributed by atoms with Gasteiger partial charge in [0.2, 0.25) is 10.0 Å². The molecule has 0 spiro atoms. The summed E-state index contributed by atoms with van der Waals surface area (Å²) in [5, 5.41) is 0. The first-order valence-corrected chi connectivity index (χ1v) is 8.30. The van der Waals surface area contributed by atoms with E-state index in [1.54, 1.807) is 0 Å². The summed E-state index contributed by atoms with van der Waals surface area (Å²) in [5.74, 6) is 1.05. The summed E-state index contributed by atoms with van der Waals surface area (Å²) >= 11 is 5.90. The van der Waals surface area contributed by atoms with Crippen molar-refractivity contribution in [1.29, 1.82) is 0 Å². The quantitative estimate of drug-likeness (QED) is 0.854. The summed E-state index contributed by atoms with van der Waals surface area (Å²) in [5.41, 5.74) is 2.99. The molecule has 5 nitrogen and oxygen atoms in total. The fraction of sp³-hybridized carbons (Fsp3) is 0.417. The minimum absolute atomic E-state index is 0.299. The number of hydrogen-bond donors (Lipinski definition) is 1. The second kappa shape index (κ2) is 5.48. The number of halogens is 1. The molecule has 0 aliphatic carbocycles. The van der Waals surface area contributed by atoms with Crippen LogP contribution in [-0.4, -0.2) is 30.8 Å². The number of benzene rings is 1. The molecule has 2 aromatic rings. The van der Waals surface area contributed by atoms with Crippen LogP contribution in [0.5, 0.6) is 0 Å². The van der Waals surface area contributed by atoms with Crippen LogP contribution >= 0.6 is 11.6 Å². The van der Waals surface area contributed by atoms with Gasteiger partial charge in [-0.05, 0) is 18.6 Å². The van der Waals surface area contributed by atoms with Crippen molar-refractivity contribution in [2.24, 2.45) is 0 Å². The van der Waals surface area contributed by atoms with Gasteiger partial charge in [-0.2, -0.15) is 0 Å². The number of rotatable bonds is 5. The Morgan fingerprint density at radius 3 is 2.79 bits per heavy atom. The van der Waals surface area contributed by atoms with Crippen molar-refractivity contribution in [3.63, 3.8) is 0 Å². The highest BCUT2D eigenvalue weighted by molar-refractivity contribution is 7.88. The minimum atomic E-state index is -3.18. The number of sulfonamides is 1. The van der Waals surface area contributed by atoms with E-state index in [4.69, 9.17) is 11.6 Å². The molecule has 1 aromatic carbocycles. The van der Waals surface area contributed by atoms with Crippen molar-refractivity contribution in [3.8, 4) is 0 Å². The number of imidazole rings is 1. The molecule has 1 aromatic heterocycles. The lowest BCUT2D eigenvalue weighted by Crippen LogP contribution is -2.26. The molecule has 0 aliphatic heterocycles. The summed E-state index contributed by atoms with van der Waals surface area (Å²) in [6.45, 7) is 2.83. The van der Waals surface area contributed by atoms with Gasteiger partial charge in [0.05, 0.1) is 23.2 Å². The van der Waals surface area contributed by atoms with Crippen LogP contribution in [0.15, 0.2) is 18.2 Å². The Hall–Kier alpha value is -1.11.